The normalized spacial score (nSPS) is 7.09. The Morgan fingerprint density at radius 3 is 2.18 bits per heavy atom. The summed E-state index contributed by atoms with van der Waals surface area (Å²) in [5.41, 5.74) is 0.896. The fourth-order valence-corrected chi connectivity index (χ4v) is 0.617. The summed E-state index contributed by atoms with van der Waals surface area (Å²) in [4.78, 5) is 9.79. The van der Waals surface area contributed by atoms with Gasteiger partial charge in [-0.2, -0.15) is 0 Å². The van der Waals surface area contributed by atoms with Crippen LogP contribution in [0, 0.1) is 0 Å². The molecule has 0 aliphatic heterocycles. The van der Waals surface area contributed by atoms with Gasteiger partial charge < -0.3 is 0 Å². The Bertz CT molecular complexity index is 224. The molecule has 1 rings (SSSR count). The zero-order valence-corrected chi connectivity index (χ0v) is 5.77. The average molecular weight is 152 g/mol. The molecular weight excluding hydrogens is 144 g/mol. The minimum absolute atomic E-state index is 0.896. The van der Waals surface area contributed by atoms with Crippen LogP contribution in [-0.4, -0.2) is 16.5 Å². The molecule has 0 aromatic heterocycles. The molecule has 58 valence electrons. The van der Waals surface area contributed by atoms with E-state index in [2.05, 4.69) is 0 Å². The average Bonchev–Trinajstić information content (AvgIpc) is 2.11. The molecule has 11 heavy (non-hydrogen) atoms. The fourth-order valence-electron chi connectivity index (χ4n) is 0.617. The molecule has 1 aromatic carbocycles. The van der Waals surface area contributed by atoms with Gasteiger partial charge in [0.15, 0.2) is 0 Å². The number of hydrogen-bond acceptors (Lipinski definition) is 3. The predicted octanol–water partition coefficient (Wildman–Crippen LogP) is 1.55. The summed E-state index contributed by atoms with van der Waals surface area (Å²) in [6, 6.07) is 9.37. The zero-order chi connectivity index (χ0) is 8.53. The van der Waals surface area contributed by atoms with Crippen molar-refractivity contribution in [3.63, 3.8) is 0 Å². The molecule has 0 unspecified atom stereocenters. The molecule has 0 radical (unpaired) electrons. The first-order valence-corrected chi connectivity index (χ1v) is 2.89. The lowest BCUT2D eigenvalue weighted by molar-refractivity contribution is -0.176. The number of rotatable bonds is 1. The van der Waals surface area contributed by atoms with E-state index in [4.69, 9.17) is 10.5 Å². The number of benzene rings is 1. The first-order valence-electron chi connectivity index (χ1n) is 2.89. The van der Waals surface area contributed by atoms with Crippen molar-refractivity contribution in [3.8, 4) is 0 Å². The van der Waals surface area contributed by atoms with E-state index in [1.165, 1.54) is 6.08 Å². The molecule has 0 saturated heterocycles. The van der Waals surface area contributed by atoms with Crippen LogP contribution in [0.4, 0.5) is 0 Å². The molecule has 3 nitrogen and oxygen atoms in total. The first kappa shape index (κ1) is 9.59. The Morgan fingerprint density at radius 1 is 1.18 bits per heavy atom. The Morgan fingerprint density at radius 2 is 1.73 bits per heavy atom. The van der Waals surface area contributed by atoms with E-state index < -0.39 is 0 Å². The van der Waals surface area contributed by atoms with Gasteiger partial charge in [-0.15, -0.1) is 0 Å². The third-order valence-electron chi connectivity index (χ3n) is 1.03. The minimum atomic E-state index is 0.896. The van der Waals surface area contributed by atoms with E-state index in [0.29, 0.717) is 0 Å². The van der Waals surface area contributed by atoms with Crippen LogP contribution < -0.4 is 0 Å². The van der Waals surface area contributed by atoms with Crippen LogP contribution in [-0.2, 0) is 4.79 Å². The number of carbonyl (C=O) groups excluding carboxylic acids is 1. The smallest absolute Gasteiger partial charge is 0.125 e. The van der Waals surface area contributed by atoms with Gasteiger partial charge in [-0.1, -0.05) is 30.3 Å². The molecule has 0 spiro atoms. The molecule has 0 bridgehead atoms. The Hall–Kier alpha value is -1.41. The Balaban J connectivity index is 0.000000461. The maximum Gasteiger partial charge on any atom is 0.125 e. The lowest BCUT2D eigenvalue weighted by Gasteiger charge is -1.83. The third kappa shape index (κ3) is 4.06. The van der Waals surface area contributed by atoms with Gasteiger partial charge in [-0.25, -0.2) is 4.79 Å². The minimum Gasteiger partial charge on any atom is -0.255 e. The molecule has 0 heterocycles. The van der Waals surface area contributed by atoms with E-state index in [9.17, 15) is 4.79 Å². The van der Waals surface area contributed by atoms with Crippen molar-refractivity contribution in [2.75, 3.05) is 0 Å². The first-order chi connectivity index (χ1) is 5.43. The second kappa shape index (κ2) is 6.71. The molecule has 0 amide bonds. The van der Waals surface area contributed by atoms with Crippen molar-refractivity contribution in [2.24, 2.45) is 0 Å². The lowest BCUT2D eigenvalue weighted by Crippen LogP contribution is -1.66. The molecule has 0 fully saturated rings. The summed E-state index contributed by atoms with van der Waals surface area (Å²) in [5, 5.41) is 12.0. The summed E-state index contributed by atoms with van der Waals surface area (Å²) in [6.07, 6.45) is 1.40. The van der Waals surface area contributed by atoms with E-state index >= 15 is 0 Å². The van der Waals surface area contributed by atoms with Crippen molar-refractivity contribution < 1.29 is 15.3 Å². The SMILES string of the molecule is O=C=Cc1ccccc1.OO. The molecular formula is C8H8O3. The second-order valence-electron chi connectivity index (χ2n) is 1.67. The van der Waals surface area contributed by atoms with Gasteiger partial charge in [-0.05, 0) is 5.56 Å². The van der Waals surface area contributed by atoms with Crippen LogP contribution in [0.5, 0.6) is 0 Å². The van der Waals surface area contributed by atoms with Gasteiger partial charge in [0.1, 0.15) is 5.94 Å². The van der Waals surface area contributed by atoms with Crippen LogP contribution in [0.2, 0.25) is 0 Å². The van der Waals surface area contributed by atoms with E-state index in [-0.39, 0.29) is 0 Å². The summed E-state index contributed by atoms with van der Waals surface area (Å²) in [7, 11) is 0. The van der Waals surface area contributed by atoms with E-state index in [1.54, 1.807) is 5.94 Å². The molecule has 0 atom stereocenters. The van der Waals surface area contributed by atoms with Crippen LogP contribution in [0.1, 0.15) is 5.56 Å². The Labute approximate surface area is 64.2 Å². The second-order valence-corrected chi connectivity index (χ2v) is 1.67. The van der Waals surface area contributed by atoms with E-state index in [0.717, 1.165) is 5.56 Å². The van der Waals surface area contributed by atoms with Gasteiger partial charge in [0.2, 0.25) is 0 Å². The maximum absolute atomic E-state index is 9.79. The van der Waals surface area contributed by atoms with Gasteiger partial charge in [0.05, 0.1) is 0 Å². The summed E-state index contributed by atoms with van der Waals surface area (Å²) >= 11 is 0. The topological polar surface area (TPSA) is 57.5 Å². The van der Waals surface area contributed by atoms with Crippen LogP contribution in [0.15, 0.2) is 30.3 Å². The monoisotopic (exact) mass is 152 g/mol. The third-order valence-corrected chi connectivity index (χ3v) is 1.03. The van der Waals surface area contributed by atoms with Crippen molar-refractivity contribution >= 4 is 12.0 Å². The summed E-state index contributed by atoms with van der Waals surface area (Å²) in [5.74, 6) is 1.71. The number of hydrogen-bond donors (Lipinski definition) is 2. The summed E-state index contributed by atoms with van der Waals surface area (Å²) in [6.45, 7) is 0. The highest BCUT2D eigenvalue weighted by Crippen LogP contribution is 1.97. The Kier molecular flexibility index (Phi) is 5.85. The summed E-state index contributed by atoms with van der Waals surface area (Å²) < 4.78 is 0. The maximum atomic E-state index is 9.79. The zero-order valence-electron chi connectivity index (χ0n) is 5.77. The van der Waals surface area contributed by atoms with Crippen molar-refractivity contribution in [1.29, 1.82) is 0 Å². The van der Waals surface area contributed by atoms with Gasteiger partial charge in [-0.3, -0.25) is 10.5 Å². The van der Waals surface area contributed by atoms with Crippen molar-refractivity contribution in [3.05, 3.63) is 35.9 Å². The van der Waals surface area contributed by atoms with Crippen molar-refractivity contribution in [2.45, 2.75) is 0 Å². The molecule has 2 N–H and O–H groups in total. The molecule has 3 heteroatoms. The molecule has 0 aliphatic carbocycles. The van der Waals surface area contributed by atoms with Crippen LogP contribution >= 0.6 is 0 Å². The highest BCUT2D eigenvalue weighted by molar-refractivity contribution is 5.74. The predicted molar refractivity (Wildman–Crippen MR) is 41.9 cm³/mol. The van der Waals surface area contributed by atoms with Gasteiger partial charge >= 0.3 is 0 Å². The van der Waals surface area contributed by atoms with Crippen LogP contribution in [0.3, 0.4) is 0 Å². The highest BCUT2D eigenvalue weighted by atomic mass is 17.0. The van der Waals surface area contributed by atoms with Crippen molar-refractivity contribution in [1.82, 2.24) is 0 Å². The van der Waals surface area contributed by atoms with E-state index in [1.807, 2.05) is 30.3 Å². The van der Waals surface area contributed by atoms with Crippen LogP contribution in [0.25, 0.3) is 6.08 Å². The fraction of sp³-hybridized carbons (Fsp3) is 0. The standard InChI is InChI=1S/C8H6O.H2O2/c9-7-6-8-4-2-1-3-5-8;1-2/h1-6H;1-2H. The van der Waals surface area contributed by atoms with Gasteiger partial charge in [0, 0.05) is 6.08 Å². The quantitative estimate of drug-likeness (QED) is 0.364. The molecule has 0 aliphatic rings. The largest absolute Gasteiger partial charge is 0.255 e. The molecule has 0 saturated carbocycles. The molecule has 1 aromatic rings. The highest BCUT2D eigenvalue weighted by Gasteiger charge is 1.78. The lowest BCUT2D eigenvalue weighted by atomic mass is 10.2. The van der Waals surface area contributed by atoms with Gasteiger partial charge in [0.25, 0.3) is 0 Å².